The summed E-state index contributed by atoms with van der Waals surface area (Å²) >= 11 is 0. The second-order valence-corrected chi connectivity index (χ2v) is 7.71. The van der Waals surface area contributed by atoms with E-state index in [0.29, 0.717) is 25.6 Å². The molecule has 0 spiro atoms. The highest BCUT2D eigenvalue weighted by atomic mass is 16.6. The first-order valence-corrected chi connectivity index (χ1v) is 8.84. The van der Waals surface area contributed by atoms with Crippen LogP contribution >= 0.6 is 0 Å². The zero-order chi connectivity index (χ0) is 18.3. The van der Waals surface area contributed by atoms with Crippen LogP contribution in [0.15, 0.2) is 30.3 Å². The number of carbonyl (C=O) groups excluding carboxylic acids is 1. The monoisotopic (exact) mass is 344 g/mol. The van der Waals surface area contributed by atoms with Crippen molar-refractivity contribution >= 4 is 6.09 Å². The number of unbranched alkanes of at least 4 members (excludes halogenated alkanes) is 1. The van der Waals surface area contributed by atoms with E-state index < -0.39 is 11.7 Å². The summed E-state index contributed by atoms with van der Waals surface area (Å²) in [5.74, 6) is 0.337. The van der Waals surface area contributed by atoms with Crippen molar-refractivity contribution in [3.63, 3.8) is 0 Å². The smallest absolute Gasteiger partial charge is 0.408 e. The van der Waals surface area contributed by atoms with Crippen molar-refractivity contribution in [1.29, 1.82) is 5.26 Å². The summed E-state index contributed by atoms with van der Waals surface area (Å²) < 4.78 is 11.3. The summed E-state index contributed by atoms with van der Waals surface area (Å²) in [4.78, 5) is 12.2. The zero-order valence-corrected chi connectivity index (χ0v) is 15.4. The van der Waals surface area contributed by atoms with Crippen LogP contribution in [0.25, 0.3) is 0 Å². The Kier molecular flexibility index (Phi) is 6.44. The molecule has 25 heavy (non-hydrogen) atoms. The lowest BCUT2D eigenvalue weighted by Crippen LogP contribution is -2.44. The predicted molar refractivity (Wildman–Crippen MR) is 95.8 cm³/mol. The lowest BCUT2D eigenvalue weighted by atomic mass is 10.1. The van der Waals surface area contributed by atoms with Gasteiger partial charge in [0.05, 0.1) is 24.8 Å². The molecular weight excluding hydrogens is 316 g/mol. The van der Waals surface area contributed by atoms with Gasteiger partial charge in [0, 0.05) is 6.42 Å². The fraction of sp³-hybridized carbons (Fsp3) is 0.600. The number of rotatable bonds is 8. The summed E-state index contributed by atoms with van der Waals surface area (Å²) in [5.41, 5.74) is 0.213. The van der Waals surface area contributed by atoms with E-state index in [9.17, 15) is 4.79 Å². The molecule has 1 aliphatic carbocycles. The Balaban J connectivity index is 1.89. The van der Waals surface area contributed by atoms with E-state index in [1.54, 1.807) is 0 Å². The van der Waals surface area contributed by atoms with Gasteiger partial charge in [-0.15, -0.1) is 0 Å². The first kappa shape index (κ1) is 19.3. The van der Waals surface area contributed by atoms with Crippen molar-refractivity contribution in [1.82, 2.24) is 5.32 Å². The molecule has 1 aromatic carbocycles. The molecule has 0 heterocycles. The first-order chi connectivity index (χ1) is 11.8. The molecule has 5 nitrogen and oxygen atoms in total. The third-order valence-electron chi connectivity index (χ3n) is 4.29. The average molecular weight is 344 g/mol. The Labute approximate surface area is 150 Å². The Morgan fingerprint density at radius 3 is 2.72 bits per heavy atom. The van der Waals surface area contributed by atoms with E-state index in [1.165, 1.54) is 0 Å². The third kappa shape index (κ3) is 6.39. The number of amides is 1. The van der Waals surface area contributed by atoms with Gasteiger partial charge in [0.25, 0.3) is 0 Å². The third-order valence-corrected chi connectivity index (χ3v) is 4.29. The minimum Gasteiger partial charge on any atom is -0.444 e. The number of nitriles is 1. The van der Waals surface area contributed by atoms with Crippen LogP contribution in [0, 0.1) is 17.2 Å². The minimum atomic E-state index is -0.526. The van der Waals surface area contributed by atoms with Gasteiger partial charge in [0.2, 0.25) is 0 Å². The highest BCUT2D eigenvalue weighted by Crippen LogP contribution is 2.47. The molecule has 1 aliphatic rings. The maximum Gasteiger partial charge on any atom is 0.408 e. The van der Waals surface area contributed by atoms with Gasteiger partial charge >= 0.3 is 6.09 Å². The molecule has 0 aliphatic heterocycles. The fourth-order valence-electron chi connectivity index (χ4n) is 2.98. The minimum absolute atomic E-state index is 0.337. The van der Waals surface area contributed by atoms with E-state index in [-0.39, 0.29) is 5.54 Å². The molecule has 1 saturated carbocycles. The van der Waals surface area contributed by atoms with Crippen LogP contribution in [0.5, 0.6) is 0 Å². The van der Waals surface area contributed by atoms with Crippen molar-refractivity contribution in [2.45, 2.75) is 64.2 Å². The molecule has 5 heteroatoms. The molecule has 0 unspecified atom stereocenters. The van der Waals surface area contributed by atoms with Gasteiger partial charge in [-0.2, -0.15) is 5.26 Å². The van der Waals surface area contributed by atoms with Crippen molar-refractivity contribution in [2.75, 3.05) is 6.61 Å². The van der Waals surface area contributed by atoms with Crippen LogP contribution < -0.4 is 5.32 Å². The van der Waals surface area contributed by atoms with Gasteiger partial charge in [-0.25, -0.2) is 4.79 Å². The van der Waals surface area contributed by atoms with Crippen LogP contribution in [0.4, 0.5) is 4.79 Å². The highest BCUT2D eigenvalue weighted by molar-refractivity contribution is 5.69. The molecule has 0 saturated heterocycles. The van der Waals surface area contributed by atoms with Gasteiger partial charge in [-0.3, -0.25) is 0 Å². The SMILES string of the molecule is CC(C)(C)OC(=O)N[C@@]1(COCc2ccccc2)C[C@@H]1CCCC#N. The maximum atomic E-state index is 12.2. The van der Waals surface area contributed by atoms with E-state index >= 15 is 0 Å². The number of carbonyl (C=O) groups is 1. The summed E-state index contributed by atoms with van der Waals surface area (Å²) in [6, 6.07) is 12.1. The molecule has 136 valence electrons. The van der Waals surface area contributed by atoms with E-state index in [4.69, 9.17) is 14.7 Å². The summed E-state index contributed by atoms with van der Waals surface area (Å²) in [7, 11) is 0. The molecular formula is C20H28N2O3. The number of hydrogen-bond acceptors (Lipinski definition) is 4. The Bertz CT molecular complexity index is 604. The van der Waals surface area contributed by atoms with E-state index in [1.807, 2.05) is 51.1 Å². The number of hydrogen-bond donors (Lipinski definition) is 1. The van der Waals surface area contributed by atoms with Crippen LogP contribution in [0.3, 0.4) is 0 Å². The standard InChI is InChI=1S/C20H28N2O3/c1-19(2,3)25-18(23)22-20(13-17(20)11-7-8-12-21)15-24-14-16-9-5-4-6-10-16/h4-6,9-10,17H,7-8,11,13-15H2,1-3H3,(H,22,23)/t17-,20+/m0/s1. The predicted octanol–water partition coefficient (Wildman–Crippen LogP) is 4.18. The van der Waals surface area contributed by atoms with Gasteiger partial charge in [-0.1, -0.05) is 30.3 Å². The van der Waals surface area contributed by atoms with Gasteiger partial charge in [0.1, 0.15) is 5.60 Å². The average Bonchev–Trinajstić information content (AvgIpc) is 3.19. The largest absolute Gasteiger partial charge is 0.444 e. The second-order valence-electron chi connectivity index (χ2n) is 7.71. The molecule has 1 amide bonds. The second kappa shape index (κ2) is 8.35. The summed E-state index contributed by atoms with van der Waals surface area (Å²) in [6.45, 7) is 6.52. The topological polar surface area (TPSA) is 71.3 Å². The number of benzene rings is 1. The lowest BCUT2D eigenvalue weighted by molar-refractivity contribution is 0.0385. The van der Waals surface area contributed by atoms with Crippen LogP contribution in [0.2, 0.25) is 0 Å². The highest BCUT2D eigenvalue weighted by Gasteiger charge is 2.55. The van der Waals surface area contributed by atoms with Crippen LogP contribution in [0.1, 0.15) is 52.0 Å². The molecule has 2 atom stereocenters. The Morgan fingerprint density at radius 2 is 2.08 bits per heavy atom. The molecule has 2 rings (SSSR count). The normalized spacial score (nSPS) is 22.1. The van der Waals surface area contributed by atoms with Crippen LogP contribution in [-0.4, -0.2) is 23.8 Å². The Hall–Kier alpha value is -2.06. The molecule has 1 fully saturated rings. The quantitative estimate of drug-likeness (QED) is 0.718. The molecule has 1 N–H and O–H groups in total. The van der Waals surface area contributed by atoms with Crippen molar-refractivity contribution in [3.8, 4) is 6.07 Å². The summed E-state index contributed by atoms with van der Waals surface area (Å²) in [5, 5.41) is 11.7. The maximum absolute atomic E-state index is 12.2. The lowest BCUT2D eigenvalue weighted by Gasteiger charge is -2.24. The molecule has 0 radical (unpaired) electrons. The van der Waals surface area contributed by atoms with Gasteiger partial charge in [-0.05, 0) is 51.5 Å². The number of ether oxygens (including phenoxy) is 2. The van der Waals surface area contributed by atoms with Gasteiger partial charge in [0.15, 0.2) is 0 Å². The van der Waals surface area contributed by atoms with Crippen molar-refractivity contribution < 1.29 is 14.3 Å². The number of nitrogens with one attached hydrogen (secondary N) is 1. The molecule has 0 aromatic heterocycles. The van der Waals surface area contributed by atoms with Gasteiger partial charge < -0.3 is 14.8 Å². The summed E-state index contributed by atoms with van der Waals surface area (Å²) in [6.07, 6.45) is 2.77. The van der Waals surface area contributed by atoms with E-state index in [0.717, 1.165) is 24.8 Å². The first-order valence-electron chi connectivity index (χ1n) is 8.84. The number of nitrogens with zero attached hydrogens (tertiary/aromatic N) is 1. The zero-order valence-electron chi connectivity index (χ0n) is 15.4. The number of alkyl carbamates (subject to hydrolysis) is 1. The van der Waals surface area contributed by atoms with Crippen molar-refractivity contribution in [3.05, 3.63) is 35.9 Å². The van der Waals surface area contributed by atoms with E-state index in [2.05, 4.69) is 11.4 Å². The Morgan fingerprint density at radius 1 is 1.36 bits per heavy atom. The fourth-order valence-corrected chi connectivity index (χ4v) is 2.98. The molecule has 0 bridgehead atoms. The van der Waals surface area contributed by atoms with Crippen LogP contribution in [-0.2, 0) is 16.1 Å². The molecule has 1 aromatic rings. The van der Waals surface area contributed by atoms with Crippen molar-refractivity contribution in [2.24, 2.45) is 5.92 Å².